The molecule has 1 saturated carbocycles. The quantitative estimate of drug-likeness (QED) is 0.587. The molecule has 2 amide bonds. The predicted molar refractivity (Wildman–Crippen MR) is 119 cm³/mol. The van der Waals surface area contributed by atoms with E-state index >= 15 is 0 Å². The Kier molecular flexibility index (Phi) is 6.17. The fourth-order valence-corrected chi connectivity index (χ4v) is 4.36. The summed E-state index contributed by atoms with van der Waals surface area (Å²) >= 11 is 0. The molecule has 2 aromatic carbocycles. The molecule has 32 heavy (non-hydrogen) atoms. The van der Waals surface area contributed by atoms with Crippen molar-refractivity contribution < 1.29 is 24.2 Å². The Morgan fingerprint density at radius 1 is 0.969 bits per heavy atom. The van der Waals surface area contributed by atoms with Crippen LogP contribution in [0.4, 0.5) is 4.79 Å². The van der Waals surface area contributed by atoms with Gasteiger partial charge in [0.25, 0.3) is 0 Å². The summed E-state index contributed by atoms with van der Waals surface area (Å²) in [6.07, 6.45) is 0.867. The molecule has 2 aliphatic carbocycles. The van der Waals surface area contributed by atoms with Gasteiger partial charge in [-0.05, 0) is 46.9 Å². The third-order valence-corrected chi connectivity index (χ3v) is 6.22. The van der Waals surface area contributed by atoms with Crippen LogP contribution in [0, 0.1) is 11.8 Å². The van der Waals surface area contributed by atoms with Gasteiger partial charge in [-0.15, -0.1) is 0 Å². The van der Waals surface area contributed by atoms with Crippen LogP contribution in [0.1, 0.15) is 43.7 Å². The van der Waals surface area contributed by atoms with Crippen molar-refractivity contribution >= 4 is 18.0 Å². The van der Waals surface area contributed by atoms with E-state index in [2.05, 4.69) is 22.8 Å². The van der Waals surface area contributed by atoms with Gasteiger partial charge in [0.2, 0.25) is 5.91 Å². The highest BCUT2D eigenvalue weighted by Crippen LogP contribution is 2.44. The van der Waals surface area contributed by atoms with Crippen molar-refractivity contribution in [1.82, 2.24) is 10.6 Å². The molecule has 2 aliphatic rings. The van der Waals surface area contributed by atoms with E-state index in [1.54, 1.807) is 13.8 Å². The summed E-state index contributed by atoms with van der Waals surface area (Å²) in [5, 5.41) is 14.6. The first-order chi connectivity index (χ1) is 15.4. The Balaban J connectivity index is 1.40. The second-order valence-corrected chi connectivity index (χ2v) is 8.85. The molecular formula is C25H28N2O5. The monoisotopic (exact) mass is 436 g/mol. The normalized spacial score (nSPS) is 16.6. The first kappa shape index (κ1) is 21.9. The third-order valence-electron chi connectivity index (χ3n) is 6.22. The topological polar surface area (TPSA) is 105 Å². The van der Waals surface area contributed by atoms with E-state index in [9.17, 15) is 19.5 Å². The highest BCUT2D eigenvalue weighted by molar-refractivity contribution is 5.89. The van der Waals surface area contributed by atoms with Crippen LogP contribution in [0.3, 0.4) is 0 Å². The summed E-state index contributed by atoms with van der Waals surface area (Å²) in [7, 11) is 0. The molecule has 0 spiro atoms. The molecule has 7 heteroatoms. The molecule has 0 aliphatic heterocycles. The molecule has 0 bridgehead atoms. The average Bonchev–Trinajstić information content (AvgIpc) is 3.56. The SMILES string of the molecule is CC(C)[C@H](NC(=O)OCC1c2ccccc2-c2ccccc21)C(=O)NC(C(=O)O)C1CC1. The van der Waals surface area contributed by atoms with Crippen molar-refractivity contribution in [2.75, 3.05) is 6.61 Å². The molecule has 1 unspecified atom stereocenters. The summed E-state index contributed by atoms with van der Waals surface area (Å²) in [4.78, 5) is 36.7. The molecule has 2 atom stereocenters. The number of carboxylic acids is 1. The molecule has 0 saturated heterocycles. The minimum Gasteiger partial charge on any atom is -0.480 e. The number of carbonyl (C=O) groups is 3. The van der Waals surface area contributed by atoms with Gasteiger partial charge < -0.3 is 20.5 Å². The van der Waals surface area contributed by atoms with Crippen molar-refractivity contribution in [3.63, 3.8) is 0 Å². The zero-order valence-corrected chi connectivity index (χ0v) is 18.2. The lowest BCUT2D eigenvalue weighted by Gasteiger charge is -2.24. The minimum atomic E-state index is -1.05. The van der Waals surface area contributed by atoms with Crippen molar-refractivity contribution in [2.45, 2.75) is 44.7 Å². The first-order valence-electron chi connectivity index (χ1n) is 11.0. The van der Waals surface area contributed by atoms with Crippen LogP contribution in [0.2, 0.25) is 0 Å². The maximum atomic E-state index is 12.7. The van der Waals surface area contributed by atoms with Crippen LogP contribution in [-0.4, -0.2) is 41.8 Å². The van der Waals surface area contributed by atoms with Crippen LogP contribution in [0.15, 0.2) is 48.5 Å². The van der Waals surface area contributed by atoms with Gasteiger partial charge in [-0.2, -0.15) is 0 Å². The highest BCUT2D eigenvalue weighted by atomic mass is 16.5. The lowest BCUT2D eigenvalue weighted by atomic mass is 9.98. The van der Waals surface area contributed by atoms with E-state index in [1.807, 2.05) is 36.4 Å². The Hall–Kier alpha value is -3.35. The number of hydrogen-bond acceptors (Lipinski definition) is 4. The zero-order valence-electron chi connectivity index (χ0n) is 18.2. The van der Waals surface area contributed by atoms with Crippen LogP contribution in [0.5, 0.6) is 0 Å². The minimum absolute atomic E-state index is 0.0429. The first-order valence-corrected chi connectivity index (χ1v) is 11.0. The van der Waals surface area contributed by atoms with E-state index < -0.39 is 30.1 Å². The van der Waals surface area contributed by atoms with Crippen LogP contribution in [0.25, 0.3) is 11.1 Å². The third kappa shape index (κ3) is 4.47. The van der Waals surface area contributed by atoms with Crippen molar-refractivity contribution in [2.24, 2.45) is 11.8 Å². The maximum Gasteiger partial charge on any atom is 0.407 e. The number of nitrogens with one attached hydrogen (secondary N) is 2. The van der Waals surface area contributed by atoms with E-state index in [0.29, 0.717) is 0 Å². The molecule has 0 heterocycles. The summed E-state index contributed by atoms with van der Waals surface area (Å²) in [5.74, 6) is -1.91. The maximum absolute atomic E-state index is 12.7. The van der Waals surface area contributed by atoms with Crippen molar-refractivity contribution in [3.05, 3.63) is 59.7 Å². The highest BCUT2D eigenvalue weighted by Gasteiger charge is 2.39. The molecule has 7 nitrogen and oxygen atoms in total. The molecule has 4 rings (SSSR count). The number of aliphatic carboxylic acids is 1. The van der Waals surface area contributed by atoms with Gasteiger partial charge in [-0.3, -0.25) is 4.79 Å². The van der Waals surface area contributed by atoms with E-state index in [1.165, 1.54) is 0 Å². The number of benzene rings is 2. The summed E-state index contributed by atoms with van der Waals surface area (Å²) in [5.41, 5.74) is 4.48. The Bertz CT molecular complexity index is 985. The fraction of sp³-hybridized carbons (Fsp3) is 0.400. The second kappa shape index (κ2) is 9.02. The van der Waals surface area contributed by atoms with Gasteiger partial charge >= 0.3 is 12.1 Å². The lowest BCUT2D eigenvalue weighted by molar-refractivity contribution is -0.142. The fourth-order valence-electron chi connectivity index (χ4n) is 4.36. The molecule has 0 aromatic heterocycles. The number of alkyl carbamates (subject to hydrolysis) is 1. The number of rotatable bonds is 8. The van der Waals surface area contributed by atoms with Crippen LogP contribution >= 0.6 is 0 Å². The average molecular weight is 437 g/mol. The second-order valence-electron chi connectivity index (χ2n) is 8.85. The van der Waals surface area contributed by atoms with Gasteiger partial charge in [0.1, 0.15) is 18.7 Å². The Morgan fingerprint density at radius 2 is 1.53 bits per heavy atom. The van der Waals surface area contributed by atoms with Gasteiger partial charge in [0, 0.05) is 5.92 Å². The van der Waals surface area contributed by atoms with Crippen molar-refractivity contribution in [1.29, 1.82) is 0 Å². The number of amides is 2. The van der Waals surface area contributed by atoms with Crippen LogP contribution < -0.4 is 10.6 Å². The number of fused-ring (bicyclic) bond motifs is 3. The largest absolute Gasteiger partial charge is 0.480 e. The molecule has 1 fully saturated rings. The standard InChI is InChI=1S/C25H28N2O5/c1-14(2)21(23(28)26-22(24(29)30)15-11-12-15)27-25(31)32-13-20-18-9-5-3-7-16(18)17-8-4-6-10-19(17)20/h3-10,14-15,20-22H,11-13H2,1-2H3,(H,26,28)(H,27,31)(H,29,30)/t21-,22?/m0/s1. The number of hydrogen-bond donors (Lipinski definition) is 3. The molecule has 168 valence electrons. The smallest absolute Gasteiger partial charge is 0.407 e. The number of carbonyl (C=O) groups excluding carboxylic acids is 2. The van der Waals surface area contributed by atoms with Gasteiger partial charge in [0.05, 0.1) is 0 Å². The zero-order chi connectivity index (χ0) is 22.8. The summed E-state index contributed by atoms with van der Waals surface area (Å²) < 4.78 is 5.54. The Morgan fingerprint density at radius 3 is 2.03 bits per heavy atom. The summed E-state index contributed by atoms with van der Waals surface area (Å²) in [6, 6.07) is 14.3. The molecule has 3 N–H and O–H groups in total. The van der Waals surface area contributed by atoms with Gasteiger partial charge in [-0.25, -0.2) is 9.59 Å². The summed E-state index contributed by atoms with van der Waals surface area (Å²) in [6.45, 7) is 3.73. The number of carboxylic acid groups (broad SMARTS) is 1. The predicted octanol–water partition coefficient (Wildman–Crippen LogP) is 3.53. The molecule has 2 aromatic rings. The van der Waals surface area contributed by atoms with Crippen molar-refractivity contribution in [3.8, 4) is 11.1 Å². The Labute approximate surface area is 187 Å². The number of ether oxygens (including phenoxy) is 1. The molecular weight excluding hydrogens is 408 g/mol. The lowest BCUT2D eigenvalue weighted by Crippen LogP contribution is -2.54. The van der Waals surface area contributed by atoms with Gasteiger partial charge in [0.15, 0.2) is 0 Å². The van der Waals surface area contributed by atoms with E-state index in [-0.39, 0.29) is 24.4 Å². The van der Waals surface area contributed by atoms with E-state index in [4.69, 9.17) is 4.74 Å². The van der Waals surface area contributed by atoms with Gasteiger partial charge in [-0.1, -0.05) is 62.4 Å². The molecule has 0 radical (unpaired) electrons. The van der Waals surface area contributed by atoms with Crippen LogP contribution in [-0.2, 0) is 14.3 Å². The van der Waals surface area contributed by atoms with E-state index in [0.717, 1.165) is 35.1 Å².